The lowest BCUT2D eigenvalue weighted by atomic mass is 10.2. The number of hydrogen-bond acceptors (Lipinski definition) is 4. The first-order valence-electron chi connectivity index (χ1n) is 6.69. The average molecular weight is 290 g/mol. The van der Waals surface area contributed by atoms with Crippen LogP contribution in [0.1, 0.15) is 25.5 Å². The molecule has 4 nitrogen and oxygen atoms in total. The first-order chi connectivity index (χ1) is 9.70. The summed E-state index contributed by atoms with van der Waals surface area (Å²) >= 11 is 1.50. The van der Waals surface area contributed by atoms with Gasteiger partial charge in [0.1, 0.15) is 0 Å². The van der Waals surface area contributed by atoms with Crippen molar-refractivity contribution >= 4 is 28.1 Å². The first kappa shape index (κ1) is 14.5. The number of aromatic nitrogens is 1. The highest BCUT2D eigenvalue weighted by molar-refractivity contribution is 7.13. The molecular formula is C15H18N2O2S. The monoisotopic (exact) mass is 290 g/mol. The van der Waals surface area contributed by atoms with E-state index in [2.05, 4.69) is 16.8 Å². The Labute approximate surface area is 122 Å². The molecule has 2 rings (SSSR count). The molecule has 1 aromatic heterocycles. The molecule has 2 aromatic rings. The topological polar surface area (TPSA) is 53.4 Å². The van der Waals surface area contributed by atoms with Crippen LogP contribution in [0.2, 0.25) is 0 Å². The number of rotatable bonds is 7. The van der Waals surface area contributed by atoms with E-state index in [1.807, 2.05) is 35.7 Å². The molecule has 1 N–H and O–H groups in total. The van der Waals surface area contributed by atoms with Crippen molar-refractivity contribution in [2.24, 2.45) is 0 Å². The van der Waals surface area contributed by atoms with Gasteiger partial charge in [-0.25, -0.2) is 4.98 Å². The van der Waals surface area contributed by atoms with E-state index in [-0.39, 0.29) is 6.42 Å². The summed E-state index contributed by atoms with van der Waals surface area (Å²) < 4.78 is 0. The molecule has 1 heterocycles. The number of para-hydroxylation sites is 1. The van der Waals surface area contributed by atoms with Gasteiger partial charge in [0.2, 0.25) is 0 Å². The Kier molecular flexibility index (Phi) is 5.12. The van der Waals surface area contributed by atoms with Crippen LogP contribution in [0.3, 0.4) is 0 Å². The highest BCUT2D eigenvalue weighted by Gasteiger charge is 2.14. The van der Waals surface area contributed by atoms with Gasteiger partial charge < -0.3 is 10.0 Å². The molecule has 0 spiro atoms. The number of thiazole rings is 1. The van der Waals surface area contributed by atoms with Crippen molar-refractivity contribution in [1.29, 1.82) is 0 Å². The van der Waals surface area contributed by atoms with Crippen molar-refractivity contribution in [2.75, 3.05) is 11.4 Å². The van der Waals surface area contributed by atoms with E-state index in [1.165, 1.54) is 11.3 Å². The highest BCUT2D eigenvalue weighted by atomic mass is 32.1. The highest BCUT2D eigenvalue weighted by Crippen LogP contribution is 2.28. The SMILES string of the molecule is CCCCN(c1ccccc1)c1nc(CC(=O)O)cs1. The van der Waals surface area contributed by atoms with Crippen LogP contribution in [-0.2, 0) is 11.2 Å². The van der Waals surface area contributed by atoms with Gasteiger partial charge in [0, 0.05) is 17.6 Å². The van der Waals surface area contributed by atoms with E-state index in [0.717, 1.165) is 30.2 Å². The molecule has 0 aliphatic heterocycles. The van der Waals surface area contributed by atoms with Crippen molar-refractivity contribution in [2.45, 2.75) is 26.2 Å². The van der Waals surface area contributed by atoms with E-state index in [1.54, 1.807) is 0 Å². The normalized spacial score (nSPS) is 10.4. The van der Waals surface area contributed by atoms with E-state index in [4.69, 9.17) is 5.11 Å². The van der Waals surface area contributed by atoms with Crippen molar-refractivity contribution in [1.82, 2.24) is 4.98 Å². The molecule has 5 heteroatoms. The first-order valence-corrected chi connectivity index (χ1v) is 7.57. The van der Waals surface area contributed by atoms with Crippen LogP contribution in [0, 0.1) is 0 Å². The van der Waals surface area contributed by atoms with E-state index in [9.17, 15) is 4.79 Å². The molecule has 0 aliphatic carbocycles. The number of carboxylic acids is 1. The molecule has 0 aliphatic rings. The number of carboxylic acid groups (broad SMARTS) is 1. The van der Waals surface area contributed by atoms with Gasteiger partial charge in [-0.1, -0.05) is 31.5 Å². The van der Waals surface area contributed by atoms with Crippen LogP contribution in [0.4, 0.5) is 10.8 Å². The van der Waals surface area contributed by atoms with Crippen LogP contribution in [0.5, 0.6) is 0 Å². The van der Waals surface area contributed by atoms with Gasteiger partial charge in [0.25, 0.3) is 0 Å². The molecule has 0 atom stereocenters. The number of aliphatic carboxylic acids is 1. The minimum absolute atomic E-state index is 0.0209. The number of nitrogens with zero attached hydrogens (tertiary/aromatic N) is 2. The number of carbonyl (C=O) groups is 1. The largest absolute Gasteiger partial charge is 0.481 e. The van der Waals surface area contributed by atoms with Gasteiger partial charge in [-0.05, 0) is 18.6 Å². The predicted molar refractivity (Wildman–Crippen MR) is 81.8 cm³/mol. The zero-order valence-electron chi connectivity index (χ0n) is 11.5. The van der Waals surface area contributed by atoms with Crippen LogP contribution < -0.4 is 4.90 Å². The summed E-state index contributed by atoms with van der Waals surface area (Å²) in [5.41, 5.74) is 1.71. The number of anilines is 2. The van der Waals surface area contributed by atoms with Gasteiger partial charge in [-0.2, -0.15) is 0 Å². The summed E-state index contributed by atoms with van der Waals surface area (Å²) in [6, 6.07) is 10.1. The molecule has 0 saturated heterocycles. The average Bonchev–Trinajstić information content (AvgIpc) is 2.88. The maximum atomic E-state index is 10.7. The van der Waals surface area contributed by atoms with Gasteiger partial charge in [-0.3, -0.25) is 4.79 Å². The van der Waals surface area contributed by atoms with Gasteiger partial charge >= 0.3 is 5.97 Å². The Bertz CT molecular complexity index is 554. The van der Waals surface area contributed by atoms with Crippen LogP contribution >= 0.6 is 11.3 Å². The quantitative estimate of drug-likeness (QED) is 0.844. The fraction of sp³-hybridized carbons (Fsp3) is 0.333. The van der Waals surface area contributed by atoms with Crippen LogP contribution in [0.25, 0.3) is 0 Å². The summed E-state index contributed by atoms with van der Waals surface area (Å²) in [5.74, 6) is -0.846. The Morgan fingerprint density at radius 3 is 2.75 bits per heavy atom. The third-order valence-corrected chi connectivity index (χ3v) is 3.82. The fourth-order valence-electron chi connectivity index (χ4n) is 1.92. The fourth-order valence-corrected chi connectivity index (χ4v) is 2.79. The number of hydrogen-bond donors (Lipinski definition) is 1. The van der Waals surface area contributed by atoms with Crippen LogP contribution in [0.15, 0.2) is 35.7 Å². The zero-order chi connectivity index (χ0) is 14.4. The molecule has 106 valence electrons. The maximum Gasteiger partial charge on any atom is 0.309 e. The minimum atomic E-state index is -0.846. The third kappa shape index (κ3) is 3.81. The lowest BCUT2D eigenvalue weighted by Crippen LogP contribution is -2.18. The van der Waals surface area contributed by atoms with Crippen LogP contribution in [-0.4, -0.2) is 22.6 Å². The predicted octanol–water partition coefficient (Wildman–Crippen LogP) is 3.71. The smallest absolute Gasteiger partial charge is 0.309 e. The molecule has 0 bridgehead atoms. The molecule has 1 aromatic carbocycles. The minimum Gasteiger partial charge on any atom is -0.481 e. The van der Waals surface area contributed by atoms with E-state index < -0.39 is 5.97 Å². The molecule has 20 heavy (non-hydrogen) atoms. The van der Waals surface area contributed by atoms with Crippen molar-refractivity contribution in [3.05, 3.63) is 41.4 Å². The lowest BCUT2D eigenvalue weighted by Gasteiger charge is -2.21. The third-order valence-electron chi connectivity index (χ3n) is 2.91. The second kappa shape index (κ2) is 7.05. The Morgan fingerprint density at radius 2 is 2.10 bits per heavy atom. The second-order valence-corrected chi connectivity index (χ2v) is 5.37. The van der Waals surface area contributed by atoms with Gasteiger partial charge in [0.05, 0.1) is 12.1 Å². The summed E-state index contributed by atoms with van der Waals surface area (Å²) in [6.07, 6.45) is 2.16. The summed E-state index contributed by atoms with van der Waals surface area (Å²) in [5, 5.41) is 11.5. The van der Waals surface area contributed by atoms with Crippen molar-refractivity contribution < 1.29 is 9.90 Å². The molecule has 0 fully saturated rings. The standard InChI is InChI=1S/C15H18N2O2S/c1-2-3-9-17(13-7-5-4-6-8-13)15-16-12(11-20-15)10-14(18)19/h4-8,11H,2-3,9-10H2,1H3,(H,18,19). The Balaban J connectivity index is 2.22. The second-order valence-electron chi connectivity index (χ2n) is 4.53. The Hall–Kier alpha value is -1.88. The number of benzene rings is 1. The lowest BCUT2D eigenvalue weighted by molar-refractivity contribution is -0.136. The molecular weight excluding hydrogens is 272 g/mol. The Morgan fingerprint density at radius 1 is 1.35 bits per heavy atom. The summed E-state index contributed by atoms with van der Waals surface area (Å²) in [7, 11) is 0. The summed E-state index contributed by atoms with van der Waals surface area (Å²) in [4.78, 5) is 17.3. The molecule has 0 radical (unpaired) electrons. The maximum absolute atomic E-state index is 10.7. The van der Waals surface area contributed by atoms with E-state index in [0.29, 0.717) is 5.69 Å². The summed E-state index contributed by atoms with van der Waals surface area (Å²) in [6.45, 7) is 3.04. The van der Waals surface area contributed by atoms with Crippen molar-refractivity contribution in [3.63, 3.8) is 0 Å². The molecule has 0 saturated carbocycles. The van der Waals surface area contributed by atoms with Gasteiger partial charge in [0.15, 0.2) is 5.13 Å². The van der Waals surface area contributed by atoms with Gasteiger partial charge in [-0.15, -0.1) is 11.3 Å². The van der Waals surface area contributed by atoms with E-state index >= 15 is 0 Å². The molecule has 0 amide bonds. The zero-order valence-corrected chi connectivity index (χ0v) is 12.3. The molecule has 0 unspecified atom stereocenters. The number of unbranched alkanes of at least 4 members (excludes halogenated alkanes) is 1. The van der Waals surface area contributed by atoms with Crippen molar-refractivity contribution in [3.8, 4) is 0 Å².